The number of nitrogens with zero attached hydrogens (tertiary/aromatic N) is 4. The van der Waals surface area contributed by atoms with Crippen molar-refractivity contribution in [3.05, 3.63) is 121 Å². The molecule has 0 amide bonds. The van der Waals surface area contributed by atoms with Crippen LogP contribution >= 0.6 is 0 Å². The molecule has 0 spiro atoms. The molecule has 0 aliphatic heterocycles. The second-order valence-electron chi connectivity index (χ2n) is 9.61. The standard InChI is InChI=1S/C32H31N7O2S/c1-23(25-13-15-28(16-14-25)42(2,40)41)38-39-31-29(26-9-5-3-6-10-26)30(34-22-19-24-17-20-33-21-18-24)36-32(37-31)35-27-11-7-4-8-12-27/h3-18,20-21H,19,22H2,1-2H3,(H3,34,35,36,37,39). The van der Waals surface area contributed by atoms with Gasteiger partial charge in [-0.15, -0.1) is 0 Å². The maximum atomic E-state index is 11.9. The van der Waals surface area contributed by atoms with Crippen LogP contribution in [0, 0.1) is 0 Å². The van der Waals surface area contributed by atoms with E-state index in [9.17, 15) is 8.42 Å². The van der Waals surface area contributed by atoms with E-state index in [-0.39, 0.29) is 4.90 Å². The SMILES string of the molecule is CC(=NNc1nc(Nc2ccccc2)nc(NCCc2ccncc2)c1-c1ccccc1)c1ccc(S(C)(=O)=O)cc1. The maximum absolute atomic E-state index is 11.9. The summed E-state index contributed by atoms with van der Waals surface area (Å²) in [5, 5.41) is 11.4. The molecule has 212 valence electrons. The van der Waals surface area contributed by atoms with E-state index in [1.54, 1.807) is 36.7 Å². The molecule has 0 saturated carbocycles. The van der Waals surface area contributed by atoms with Gasteiger partial charge in [-0.05, 0) is 66.4 Å². The number of rotatable bonds is 11. The van der Waals surface area contributed by atoms with Crippen LogP contribution in [-0.2, 0) is 16.3 Å². The first-order valence-electron chi connectivity index (χ1n) is 13.4. The van der Waals surface area contributed by atoms with E-state index in [2.05, 4.69) is 26.1 Å². The lowest BCUT2D eigenvalue weighted by atomic mass is 10.1. The molecular weight excluding hydrogens is 546 g/mol. The highest BCUT2D eigenvalue weighted by Gasteiger charge is 2.17. The van der Waals surface area contributed by atoms with Crippen LogP contribution in [0.4, 0.5) is 23.3 Å². The van der Waals surface area contributed by atoms with Crippen LogP contribution in [0.3, 0.4) is 0 Å². The van der Waals surface area contributed by atoms with Crippen LogP contribution in [0.2, 0.25) is 0 Å². The molecule has 0 unspecified atom stereocenters. The lowest BCUT2D eigenvalue weighted by molar-refractivity contribution is 0.602. The van der Waals surface area contributed by atoms with E-state index in [0.29, 0.717) is 29.8 Å². The molecular formula is C32H31N7O2S. The van der Waals surface area contributed by atoms with Gasteiger partial charge < -0.3 is 10.6 Å². The molecule has 5 aromatic rings. The van der Waals surface area contributed by atoms with Crippen LogP contribution < -0.4 is 16.1 Å². The summed E-state index contributed by atoms with van der Waals surface area (Å²) >= 11 is 0. The van der Waals surface area contributed by atoms with Gasteiger partial charge in [0.2, 0.25) is 5.95 Å². The van der Waals surface area contributed by atoms with Crippen molar-refractivity contribution in [2.75, 3.05) is 28.9 Å². The number of benzene rings is 3. The van der Waals surface area contributed by atoms with Crippen molar-refractivity contribution in [3.63, 3.8) is 0 Å². The number of hydrazone groups is 1. The summed E-state index contributed by atoms with van der Waals surface area (Å²) in [5.41, 5.74) is 8.31. The molecule has 0 aliphatic rings. The Kier molecular flexibility index (Phi) is 8.84. The fourth-order valence-corrected chi connectivity index (χ4v) is 4.90. The van der Waals surface area contributed by atoms with E-state index in [1.165, 1.54) is 6.26 Å². The summed E-state index contributed by atoms with van der Waals surface area (Å²) in [6, 6.07) is 30.2. The van der Waals surface area contributed by atoms with Crippen molar-refractivity contribution in [1.82, 2.24) is 15.0 Å². The van der Waals surface area contributed by atoms with Crippen LogP contribution in [0.5, 0.6) is 0 Å². The molecule has 5 rings (SSSR count). The molecule has 0 bridgehead atoms. The van der Waals surface area contributed by atoms with Gasteiger partial charge in [0, 0.05) is 30.9 Å². The third-order valence-electron chi connectivity index (χ3n) is 6.49. The van der Waals surface area contributed by atoms with Gasteiger partial charge in [-0.25, -0.2) is 8.42 Å². The molecule has 9 nitrogen and oxygen atoms in total. The summed E-state index contributed by atoms with van der Waals surface area (Å²) in [7, 11) is -3.29. The molecule has 0 saturated heterocycles. The first-order valence-corrected chi connectivity index (χ1v) is 15.3. The molecule has 0 fully saturated rings. The summed E-state index contributed by atoms with van der Waals surface area (Å²) in [6.45, 7) is 2.49. The first kappa shape index (κ1) is 28.4. The Balaban J connectivity index is 1.52. The predicted molar refractivity (Wildman–Crippen MR) is 169 cm³/mol. The zero-order valence-electron chi connectivity index (χ0n) is 23.3. The highest BCUT2D eigenvalue weighted by molar-refractivity contribution is 7.90. The molecule has 42 heavy (non-hydrogen) atoms. The normalized spacial score (nSPS) is 11.6. The molecule has 0 radical (unpaired) electrons. The van der Waals surface area contributed by atoms with Crippen molar-refractivity contribution >= 4 is 38.8 Å². The van der Waals surface area contributed by atoms with Gasteiger partial charge >= 0.3 is 0 Å². The fourth-order valence-electron chi connectivity index (χ4n) is 4.27. The second kappa shape index (κ2) is 13.0. The Morgan fingerprint density at radius 3 is 2.12 bits per heavy atom. The minimum Gasteiger partial charge on any atom is -0.369 e. The van der Waals surface area contributed by atoms with Crippen LogP contribution in [0.1, 0.15) is 18.1 Å². The zero-order valence-corrected chi connectivity index (χ0v) is 24.1. The van der Waals surface area contributed by atoms with E-state index in [1.807, 2.05) is 79.7 Å². The summed E-state index contributed by atoms with van der Waals surface area (Å²) in [4.78, 5) is 14.0. The maximum Gasteiger partial charge on any atom is 0.231 e. The number of anilines is 4. The average molecular weight is 578 g/mol. The number of sulfone groups is 1. The molecule has 2 aromatic heterocycles. The van der Waals surface area contributed by atoms with Gasteiger partial charge in [-0.1, -0.05) is 60.7 Å². The van der Waals surface area contributed by atoms with Gasteiger partial charge in [0.1, 0.15) is 5.82 Å². The Morgan fingerprint density at radius 1 is 0.810 bits per heavy atom. The monoisotopic (exact) mass is 577 g/mol. The third-order valence-corrected chi connectivity index (χ3v) is 7.62. The van der Waals surface area contributed by atoms with Crippen molar-refractivity contribution in [3.8, 4) is 11.1 Å². The predicted octanol–water partition coefficient (Wildman–Crippen LogP) is 6.18. The van der Waals surface area contributed by atoms with E-state index in [4.69, 9.17) is 9.97 Å². The number of hydrogen-bond donors (Lipinski definition) is 3. The van der Waals surface area contributed by atoms with Crippen LogP contribution in [0.15, 0.2) is 119 Å². The van der Waals surface area contributed by atoms with Crippen LogP contribution in [-0.4, -0.2) is 41.9 Å². The van der Waals surface area contributed by atoms with Crippen molar-refractivity contribution in [1.29, 1.82) is 0 Å². The number of hydrogen-bond acceptors (Lipinski definition) is 9. The van der Waals surface area contributed by atoms with E-state index in [0.717, 1.165) is 34.4 Å². The van der Waals surface area contributed by atoms with E-state index < -0.39 is 9.84 Å². The van der Waals surface area contributed by atoms with Gasteiger partial charge in [-0.3, -0.25) is 10.4 Å². The highest BCUT2D eigenvalue weighted by atomic mass is 32.2. The minimum atomic E-state index is -3.29. The summed E-state index contributed by atoms with van der Waals surface area (Å²) in [5.74, 6) is 1.56. The first-order chi connectivity index (χ1) is 20.4. The molecule has 10 heteroatoms. The molecule has 3 N–H and O–H groups in total. The smallest absolute Gasteiger partial charge is 0.231 e. The van der Waals surface area contributed by atoms with Gasteiger partial charge in [0.25, 0.3) is 0 Å². The minimum absolute atomic E-state index is 0.258. The summed E-state index contributed by atoms with van der Waals surface area (Å²) in [6.07, 6.45) is 5.54. The lowest BCUT2D eigenvalue weighted by Crippen LogP contribution is -2.12. The number of pyridine rings is 1. The fraction of sp³-hybridized carbons (Fsp3) is 0.125. The van der Waals surface area contributed by atoms with Crippen LogP contribution in [0.25, 0.3) is 11.1 Å². The Bertz CT molecular complexity index is 1760. The second-order valence-corrected chi connectivity index (χ2v) is 11.6. The topological polar surface area (TPSA) is 121 Å². The largest absolute Gasteiger partial charge is 0.369 e. The summed E-state index contributed by atoms with van der Waals surface area (Å²) < 4.78 is 23.8. The molecule has 0 atom stereocenters. The van der Waals surface area contributed by atoms with Crippen molar-refractivity contribution in [2.24, 2.45) is 5.10 Å². The highest BCUT2D eigenvalue weighted by Crippen LogP contribution is 2.34. The molecule has 2 heterocycles. The molecule has 3 aromatic carbocycles. The van der Waals surface area contributed by atoms with Gasteiger partial charge in [-0.2, -0.15) is 15.1 Å². The van der Waals surface area contributed by atoms with Crippen molar-refractivity contribution in [2.45, 2.75) is 18.2 Å². The van der Waals surface area contributed by atoms with Gasteiger partial charge in [0.05, 0.1) is 16.2 Å². The zero-order chi connectivity index (χ0) is 29.4. The van der Waals surface area contributed by atoms with E-state index >= 15 is 0 Å². The Hall–Kier alpha value is -5.09. The lowest BCUT2D eigenvalue weighted by Gasteiger charge is -2.17. The molecule has 0 aliphatic carbocycles. The number of aromatic nitrogens is 3. The Morgan fingerprint density at radius 2 is 1.45 bits per heavy atom. The average Bonchev–Trinajstić information content (AvgIpc) is 3.01. The number of para-hydroxylation sites is 1. The quantitative estimate of drug-likeness (QED) is 0.126. The van der Waals surface area contributed by atoms with Gasteiger partial charge in [0.15, 0.2) is 15.7 Å². The third kappa shape index (κ3) is 7.35. The Labute approximate surface area is 245 Å². The number of nitrogens with one attached hydrogen (secondary N) is 3. The van der Waals surface area contributed by atoms with Crippen molar-refractivity contribution < 1.29 is 8.42 Å².